The lowest BCUT2D eigenvalue weighted by atomic mass is 10.1. The zero-order valence-corrected chi connectivity index (χ0v) is 75.9. The molecule has 8 aromatic carbocycles. The van der Waals surface area contributed by atoms with Crippen molar-refractivity contribution in [1.29, 1.82) is 0 Å². The highest BCUT2D eigenvalue weighted by Gasteiger charge is 2.24. The summed E-state index contributed by atoms with van der Waals surface area (Å²) in [6, 6.07) is 62.3. The predicted octanol–water partition coefficient (Wildman–Crippen LogP) is 20.8. The largest absolute Gasteiger partial charge is 0.479 e. The quantitative estimate of drug-likeness (QED) is 0.0278. The van der Waals surface area contributed by atoms with Crippen LogP contribution in [0.3, 0.4) is 0 Å². The van der Waals surface area contributed by atoms with Gasteiger partial charge in [0.15, 0.2) is 23.6 Å². The number of hydrogen-bond donors (Lipinski definition) is 6. The minimum atomic E-state index is -0.173. The first-order valence-electron chi connectivity index (χ1n) is 43.5. The molecule has 6 N–H and O–H groups in total. The molecule has 0 radical (unpaired) electrons. The van der Waals surface area contributed by atoms with Gasteiger partial charge in [0.2, 0.25) is 0 Å². The van der Waals surface area contributed by atoms with Gasteiger partial charge in [-0.15, -0.1) is 0 Å². The van der Waals surface area contributed by atoms with Gasteiger partial charge in [-0.25, -0.2) is 54.8 Å². The van der Waals surface area contributed by atoms with E-state index in [0.29, 0.717) is 132 Å². The number of fused-ring (bicyclic) bond motifs is 4. The van der Waals surface area contributed by atoms with Gasteiger partial charge in [-0.2, -0.15) is 0 Å². The van der Waals surface area contributed by atoms with Crippen LogP contribution in [-0.4, -0.2) is 158 Å². The maximum absolute atomic E-state index is 9.27. The number of benzene rings is 8. The fraction of sp³-hybridized carbons (Fsp3) is 0.216. The van der Waals surface area contributed by atoms with Gasteiger partial charge >= 0.3 is 0 Å². The summed E-state index contributed by atoms with van der Waals surface area (Å²) in [6.45, 7) is 16.9. The number of aliphatic imine (C=N–C) groups is 4. The van der Waals surface area contributed by atoms with E-state index in [0.717, 1.165) is 158 Å². The van der Waals surface area contributed by atoms with Crippen molar-refractivity contribution in [3.8, 4) is 46.0 Å². The van der Waals surface area contributed by atoms with Gasteiger partial charge < -0.3 is 69.4 Å². The van der Waals surface area contributed by atoms with E-state index in [-0.39, 0.29) is 31.3 Å². The molecule has 3 atom stereocenters. The van der Waals surface area contributed by atoms with Crippen molar-refractivity contribution < 1.29 is 48.1 Å². The molecule has 0 fully saturated rings. The topological polar surface area (TPSA) is 367 Å². The fourth-order valence-electron chi connectivity index (χ4n) is 14.7. The molecule has 0 bridgehead atoms. The van der Waals surface area contributed by atoms with Crippen molar-refractivity contribution in [3.05, 3.63) is 310 Å². The van der Waals surface area contributed by atoms with Crippen LogP contribution in [0.15, 0.2) is 264 Å². The Hall–Kier alpha value is -15.5. The van der Waals surface area contributed by atoms with E-state index >= 15 is 0 Å². The number of aliphatic hydroxyl groups is 2. The molecule has 32 heteroatoms. The summed E-state index contributed by atoms with van der Waals surface area (Å²) in [5.74, 6) is 11.0. The lowest BCUT2D eigenvalue weighted by molar-refractivity contribution is 0.226. The highest BCUT2D eigenvalue weighted by atomic mass is 35.5. The van der Waals surface area contributed by atoms with Crippen molar-refractivity contribution in [2.24, 2.45) is 20.0 Å². The van der Waals surface area contributed by atoms with Crippen molar-refractivity contribution in [2.45, 2.75) is 98.7 Å². The molecule has 4 aliphatic heterocycles. The van der Waals surface area contributed by atoms with E-state index in [9.17, 15) is 5.11 Å². The highest BCUT2D eigenvalue weighted by molar-refractivity contribution is 6.32. The van der Waals surface area contributed by atoms with Crippen LogP contribution in [0.2, 0.25) is 10.0 Å². The van der Waals surface area contributed by atoms with Crippen LogP contribution in [0.25, 0.3) is 43.6 Å². The van der Waals surface area contributed by atoms with Crippen LogP contribution in [0.1, 0.15) is 69.5 Å². The molecule has 4 aliphatic rings. The number of aliphatic hydroxyl groups excluding tert-OH is 2. The molecule has 16 aromatic rings. The van der Waals surface area contributed by atoms with Gasteiger partial charge in [-0.1, -0.05) is 47.5 Å². The monoisotopic (exact) mass is 1830 g/mol. The van der Waals surface area contributed by atoms with Gasteiger partial charge in [-0.3, -0.25) is 24.9 Å². The number of anilines is 8. The average Bonchev–Trinajstić information content (AvgIpc) is 0.880. The molecule has 3 unspecified atom stereocenters. The molecule has 0 saturated heterocycles. The second-order valence-corrected chi connectivity index (χ2v) is 33.0. The van der Waals surface area contributed by atoms with Crippen molar-refractivity contribution in [3.63, 3.8) is 0 Å². The Morgan fingerprint density at radius 3 is 0.993 bits per heavy atom. The Labute approximate surface area is 782 Å². The standard InChI is InChI=1S/C27H27N5O3.C26H25N5O3.C25H22ClN5O2.C24H20ClN5O2/c1-17-11-20(5-8-25(17)35-22-6-3-18(2)28-14-22)32-27-23-12-19(4-7-24(23)29-16-30-27)13-26-31-21(9-10-33)15-34-26;1-16-9-19(5-8-24(16)34-21-6-3-17(2)27-12-21)31-26-22-10-18(4-7-23(22)28-15-29-26)11-25-30-20(13-32)14-33-25;1-15-3-6-19(12-27-15)33-23-8-5-18(11-21(23)26)31-25-20-9-17(4-7-22(20)28-14-29-25)10-24-30-16(2)13-32-24;1-15-2-5-18(13-27-15)32-22-7-4-17(12-20(22)25)30-24-19-10-16(11-23-26-8-9-31-23)3-6-21(19)28-14-29-24/h3-8,11-12,14,16,21,33H,9-10,13,15H2,1-2H3,(H,29,30,32);3-10,12,15,20,32H,11,13-14H2,1-2H3,(H,28,29,31);3-9,11-12,14,16H,10,13H2,1-2H3,(H,28,29,31);2-7,10,12-14H,8-9,11H2,1H3,(H,28,29,30). The van der Waals surface area contributed by atoms with Crippen molar-refractivity contribution in [2.75, 3.05) is 67.5 Å². The summed E-state index contributed by atoms with van der Waals surface area (Å²) in [7, 11) is 0. The summed E-state index contributed by atoms with van der Waals surface area (Å²) in [4.78, 5) is 70.3. The number of aromatic nitrogens is 12. The van der Waals surface area contributed by atoms with Gasteiger partial charge in [0, 0.05) is 99.4 Å². The van der Waals surface area contributed by atoms with Crippen molar-refractivity contribution >= 4 is 136 Å². The van der Waals surface area contributed by atoms with Crippen LogP contribution in [0, 0.1) is 41.5 Å². The van der Waals surface area contributed by atoms with Gasteiger partial charge in [0.1, 0.15) is 127 Å². The maximum Gasteiger partial charge on any atom is 0.188 e. The molecule has 0 aliphatic carbocycles. The Morgan fingerprint density at radius 2 is 0.679 bits per heavy atom. The minimum absolute atomic E-state index is 0.00567. The summed E-state index contributed by atoms with van der Waals surface area (Å²) in [5, 5.41) is 36.5. The van der Waals surface area contributed by atoms with E-state index in [4.69, 9.17) is 66.2 Å². The number of ether oxygens (including phenoxy) is 8. The first-order valence-corrected chi connectivity index (χ1v) is 44.3. The summed E-state index contributed by atoms with van der Waals surface area (Å²) in [5.41, 5.74) is 16.7. The Morgan fingerprint density at radius 1 is 0.343 bits per heavy atom. The molecule has 12 heterocycles. The molecule has 20 rings (SSSR count). The van der Waals surface area contributed by atoms with Gasteiger partial charge in [-0.05, 0) is 258 Å². The number of hydrogen-bond acceptors (Lipinski definition) is 30. The zero-order valence-electron chi connectivity index (χ0n) is 74.4. The number of rotatable bonds is 27. The molecule has 8 aromatic heterocycles. The third-order valence-electron chi connectivity index (χ3n) is 21.6. The van der Waals surface area contributed by atoms with E-state index < -0.39 is 0 Å². The van der Waals surface area contributed by atoms with Crippen LogP contribution in [0.5, 0.6) is 46.0 Å². The zero-order chi connectivity index (χ0) is 92.4. The molecule has 0 amide bonds. The molecular weight excluding hydrogens is 1740 g/mol. The summed E-state index contributed by atoms with van der Waals surface area (Å²) >= 11 is 13.0. The Bertz CT molecular complexity index is 7050. The molecular formula is C102H94Cl2N20O10. The Kier molecular flexibility index (Phi) is 28.7. The van der Waals surface area contributed by atoms with E-state index in [1.807, 2.05) is 212 Å². The number of nitrogens with zero attached hydrogens (tertiary/aromatic N) is 16. The molecule has 0 saturated carbocycles. The molecule has 30 nitrogen and oxygen atoms in total. The second-order valence-electron chi connectivity index (χ2n) is 32.2. The second kappa shape index (κ2) is 42.6. The summed E-state index contributed by atoms with van der Waals surface area (Å²) < 4.78 is 46.2. The minimum Gasteiger partial charge on any atom is -0.479 e. The molecule has 134 heavy (non-hydrogen) atoms. The third-order valence-corrected chi connectivity index (χ3v) is 22.2. The number of aryl methyl sites for hydroxylation is 6. The van der Waals surface area contributed by atoms with Crippen molar-refractivity contribution in [1.82, 2.24) is 59.8 Å². The highest BCUT2D eigenvalue weighted by Crippen LogP contribution is 2.39. The predicted molar refractivity (Wildman–Crippen MR) is 522 cm³/mol. The third kappa shape index (κ3) is 23.8. The van der Waals surface area contributed by atoms with E-state index in [1.54, 1.807) is 55.9 Å². The number of nitrogens with one attached hydrogen (secondary N) is 4. The SMILES string of the molecule is Cc1ccc(Oc2ccc(Nc3ncnc4ccc(CC5=NC(C)CO5)cc34)cc2Cl)cn1.Cc1ccc(Oc2ccc(Nc3ncnc4ccc(CC5=NC(CCO)CO5)cc34)cc2C)cn1.Cc1ccc(Oc2ccc(Nc3ncnc4ccc(CC5=NC(CO)CO5)cc34)cc2C)cn1.Cc1ccc(Oc2ccc(Nc3ncnc4ccc(CC5=NCCO5)cc34)cc2Cl)cn1. The van der Waals surface area contributed by atoms with Gasteiger partial charge in [0.25, 0.3) is 0 Å². The smallest absolute Gasteiger partial charge is 0.188 e. The van der Waals surface area contributed by atoms with E-state index in [2.05, 4.69) is 119 Å². The first-order chi connectivity index (χ1) is 65.3. The van der Waals surface area contributed by atoms with Crippen LogP contribution < -0.4 is 40.2 Å². The number of halogens is 2. The maximum atomic E-state index is 9.27. The molecule has 0 spiro atoms. The van der Waals surface area contributed by atoms with Crippen LogP contribution >= 0.6 is 23.2 Å². The molecule has 676 valence electrons. The van der Waals surface area contributed by atoms with Gasteiger partial charge in [0.05, 0.1) is 82.1 Å². The summed E-state index contributed by atoms with van der Waals surface area (Å²) in [6.07, 6.45) is 16.0. The lowest BCUT2D eigenvalue weighted by Gasteiger charge is -2.13. The normalized spacial score (nSPS) is 14.6. The number of pyridine rings is 4. The van der Waals surface area contributed by atoms with E-state index in [1.165, 1.54) is 6.33 Å². The fourth-order valence-corrected chi connectivity index (χ4v) is 15.2. The Balaban J connectivity index is 0.000000124. The van der Waals surface area contributed by atoms with Crippen LogP contribution in [-0.2, 0) is 44.6 Å². The lowest BCUT2D eigenvalue weighted by Crippen LogP contribution is -2.10. The van der Waals surface area contributed by atoms with Crippen LogP contribution in [0.4, 0.5) is 46.0 Å². The first kappa shape index (κ1) is 90.4. The average molecular weight is 1830 g/mol.